The molecule has 0 saturated heterocycles. The number of benzene rings is 2. The Kier molecular flexibility index (Phi) is 7.84. The van der Waals surface area contributed by atoms with Gasteiger partial charge < -0.3 is 9.47 Å². The topological polar surface area (TPSA) is 52.2 Å². The third-order valence-corrected chi connectivity index (χ3v) is 5.58. The molecular formula is C25H22F4N2O3. The maximum absolute atomic E-state index is 13.9. The Balaban J connectivity index is 2.22. The zero-order valence-electron chi connectivity index (χ0n) is 18.5. The number of nitrogens with zero attached hydrogens (tertiary/aromatic N) is 2. The number of halogens is 4. The minimum absolute atomic E-state index is 0.108. The van der Waals surface area contributed by atoms with E-state index in [1.807, 2.05) is 30.3 Å². The summed E-state index contributed by atoms with van der Waals surface area (Å²) >= 11 is 0. The number of rotatable bonds is 7. The summed E-state index contributed by atoms with van der Waals surface area (Å²) in [6.45, 7) is 7.62. The highest BCUT2D eigenvalue weighted by molar-refractivity contribution is 6.05. The number of ether oxygens (including phenoxy) is 2. The Morgan fingerprint density at radius 1 is 1.12 bits per heavy atom. The Morgan fingerprint density at radius 2 is 1.82 bits per heavy atom. The first kappa shape index (κ1) is 25.1. The predicted octanol–water partition coefficient (Wildman–Crippen LogP) is 5.58. The number of carbonyl (C=O) groups is 1. The number of allylic oxidation sites excluding steroid dienone is 2. The molecule has 0 amide bonds. The monoisotopic (exact) mass is 474 g/mol. The average molecular weight is 474 g/mol. The lowest BCUT2D eigenvalue weighted by molar-refractivity contribution is -0.144. The van der Waals surface area contributed by atoms with Crippen LogP contribution in [0.4, 0.5) is 17.6 Å². The molecule has 0 radical (unpaired) electrons. The first-order valence-electron chi connectivity index (χ1n) is 10.4. The molecule has 2 unspecified atom stereocenters. The van der Waals surface area contributed by atoms with Crippen molar-refractivity contribution in [3.63, 3.8) is 0 Å². The molecule has 1 aliphatic heterocycles. The molecule has 34 heavy (non-hydrogen) atoms. The summed E-state index contributed by atoms with van der Waals surface area (Å²) in [5.74, 6) is -4.64. The number of hydrogen-bond donors (Lipinski definition) is 0. The number of alkyl halides is 3. The Hall–Kier alpha value is -3.51. The van der Waals surface area contributed by atoms with Crippen molar-refractivity contribution in [3.8, 4) is 0 Å². The van der Waals surface area contributed by atoms with E-state index >= 15 is 0 Å². The summed E-state index contributed by atoms with van der Waals surface area (Å²) in [5.41, 5.74) is -0.402. The van der Waals surface area contributed by atoms with Crippen LogP contribution in [0.1, 0.15) is 29.0 Å². The molecular weight excluding hydrogens is 452 g/mol. The molecule has 2 atom stereocenters. The van der Waals surface area contributed by atoms with Crippen molar-refractivity contribution in [1.29, 1.82) is 0 Å². The predicted molar refractivity (Wildman–Crippen MR) is 117 cm³/mol. The molecule has 0 N–H and O–H groups in total. The van der Waals surface area contributed by atoms with E-state index in [1.54, 1.807) is 0 Å². The van der Waals surface area contributed by atoms with Gasteiger partial charge in [0.2, 0.25) is 0 Å². The van der Waals surface area contributed by atoms with E-state index in [0.29, 0.717) is 12.5 Å². The van der Waals surface area contributed by atoms with Crippen LogP contribution in [0.25, 0.3) is 4.85 Å². The normalized spacial score (nSPS) is 18.3. The first-order chi connectivity index (χ1) is 16.2. The first-order valence-corrected chi connectivity index (χ1v) is 10.4. The van der Waals surface area contributed by atoms with Crippen molar-refractivity contribution < 1.29 is 31.8 Å². The third kappa shape index (κ3) is 5.34. The van der Waals surface area contributed by atoms with Crippen LogP contribution in [0.3, 0.4) is 0 Å². The summed E-state index contributed by atoms with van der Waals surface area (Å²) in [6, 6.07) is 11.5. The molecule has 0 saturated carbocycles. The Bertz CT molecular complexity index is 1150. The van der Waals surface area contributed by atoms with Gasteiger partial charge in [0.1, 0.15) is 5.82 Å². The van der Waals surface area contributed by atoms with E-state index in [-0.39, 0.29) is 30.1 Å². The van der Waals surface area contributed by atoms with Crippen molar-refractivity contribution in [3.05, 3.63) is 93.8 Å². The maximum Gasteiger partial charge on any atom is 0.416 e. The molecule has 0 spiro atoms. The SMILES string of the molecule is [C-]#[N+]C1=C(CCc2ccccc2)N=C(COC)C(C(=O)OC)C1c1ccc(F)cc1C(F)(F)F. The molecule has 1 aliphatic rings. The van der Waals surface area contributed by atoms with Gasteiger partial charge in [-0.3, -0.25) is 9.79 Å². The van der Waals surface area contributed by atoms with E-state index in [1.165, 1.54) is 7.11 Å². The lowest BCUT2D eigenvalue weighted by atomic mass is 9.76. The lowest BCUT2D eigenvalue weighted by Gasteiger charge is -2.32. The van der Waals surface area contributed by atoms with Gasteiger partial charge in [0, 0.05) is 18.7 Å². The number of hydrogen-bond acceptors (Lipinski definition) is 4. The molecule has 0 fully saturated rings. The number of aliphatic imine (C=N–C) groups is 1. The molecule has 9 heteroatoms. The summed E-state index contributed by atoms with van der Waals surface area (Å²) in [7, 11) is 2.47. The van der Waals surface area contributed by atoms with Crippen LogP contribution in [0.5, 0.6) is 0 Å². The number of carbonyl (C=O) groups excluding carboxylic acids is 1. The van der Waals surface area contributed by atoms with E-state index in [0.717, 1.165) is 24.8 Å². The van der Waals surface area contributed by atoms with Crippen LogP contribution in [0.15, 0.2) is 64.9 Å². The maximum atomic E-state index is 13.9. The van der Waals surface area contributed by atoms with Crippen molar-refractivity contribution in [2.75, 3.05) is 20.8 Å². The van der Waals surface area contributed by atoms with E-state index in [4.69, 9.17) is 16.0 Å². The average Bonchev–Trinajstić information content (AvgIpc) is 2.82. The second-order valence-electron chi connectivity index (χ2n) is 7.67. The van der Waals surface area contributed by atoms with Crippen molar-refractivity contribution in [2.24, 2.45) is 10.9 Å². The number of methoxy groups -OCH3 is 2. The van der Waals surface area contributed by atoms with E-state index < -0.39 is 40.9 Å². The Morgan fingerprint density at radius 3 is 2.41 bits per heavy atom. The molecule has 0 aliphatic carbocycles. The summed E-state index contributed by atoms with van der Waals surface area (Å²) in [5, 5.41) is 0. The fourth-order valence-electron chi connectivity index (χ4n) is 4.10. The zero-order valence-corrected chi connectivity index (χ0v) is 18.5. The smallest absolute Gasteiger partial charge is 0.416 e. The van der Waals surface area contributed by atoms with Crippen LogP contribution in [-0.4, -0.2) is 32.5 Å². The fourth-order valence-corrected chi connectivity index (χ4v) is 4.10. The lowest BCUT2D eigenvalue weighted by Crippen LogP contribution is -2.37. The second-order valence-corrected chi connectivity index (χ2v) is 7.67. The fraction of sp³-hybridized carbons (Fsp3) is 0.320. The Labute approximate surface area is 194 Å². The van der Waals surface area contributed by atoms with Crippen molar-refractivity contribution in [1.82, 2.24) is 0 Å². The van der Waals surface area contributed by atoms with Gasteiger partial charge in [-0.2, -0.15) is 13.2 Å². The molecule has 2 aromatic carbocycles. The van der Waals surface area contributed by atoms with E-state index in [2.05, 4.69) is 9.84 Å². The molecule has 178 valence electrons. The molecule has 2 aromatic rings. The van der Waals surface area contributed by atoms with Gasteiger partial charge in [-0.15, -0.1) is 0 Å². The van der Waals surface area contributed by atoms with Gasteiger partial charge in [0.05, 0.1) is 37.5 Å². The minimum Gasteiger partial charge on any atom is -0.469 e. The molecule has 5 nitrogen and oxygen atoms in total. The third-order valence-electron chi connectivity index (χ3n) is 5.58. The van der Waals surface area contributed by atoms with Crippen molar-refractivity contribution >= 4 is 11.7 Å². The van der Waals surface area contributed by atoms with Gasteiger partial charge in [-0.05, 0) is 36.1 Å². The second kappa shape index (κ2) is 10.6. The molecule has 1 heterocycles. The number of esters is 1. The van der Waals surface area contributed by atoms with Gasteiger partial charge in [0.15, 0.2) is 5.70 Å². The van der Waals surface area contributed by atoms with E-state index in [9.17, 15) is 22.4 Å². The molecule has 0 aromatic heterocycles. The van der Waals surface area contributed by atoms with Crippen LogP contribution in [-0.2, 0) is 26.9 Å². The quantitative estimate of drug-likeness (QED) is 0.299. The van der Waals surface area contributed by atoms with Crippen LogP contribution < -0.4 is 0 Å². The summed E-state index contributed by atoms with van der Waals surface area (Å²) in [4.78, 5) is 20.8. The zero-order chi connectivity index (χ0) is 24.9. The van der Waals surface area contributed by atoms with Gasteiger partial charge in [0.25, 0.3) is 0 Å². The van der Waals surface area contributed by atoms with Crippen LogP contribution >= 0.6 is 0 Å². The highest BCUT2D eigenvalue weighted by Crippen LogP contribution is 2.46. The van der Waals surface area contributed by atoms with Gasteiger partial charge >= 0.3 is 12.1 Å². The van der Waals surface area contributed by atoms with Crippen LogP contribution in [0, 0.1) is 18.3 Å². The number of aryl methyl sites for hydroxylation is 1. The van der Waals surface area contributed by atoms with Gasteiger partial charge in [-0.1, -0.05) is 36.4 Å². The summed E-state index contributed by atoms with van der Waals surface area (Å²) in [6.07, 6.45) is -4.18. The highest BCUT2D eigenvalue weighted by atomic mass is 19.4. The van der Waals surface area contributed by atoms with Gasteiger partial charge in [-0.25, -0.2) is 9.24 Å². The van der Waals surface area contributed by atoms with Crippen LogP contribution in [0.2, 0.25) is 0 Å². The molecule has 3 rings (SSSR count). The standard InChI is InChI=1S/C25H22F4N2O3/c1-30-23-19(12-9-15-7-5-4-6-8-15)31-20(14-33-2)22(24(32)34-3)21(23)17-11-10-16(26)13-18(17)25(27,28)29/h4-8,10-11,13,21-22H,9,12,14H2,2-3H3. The highest BCUT2D eigenvalue weighted by Gasteiger charge is 2.46. The summed E-state index contributed by atoms with van der Waals surface area (Å²) < 4.78 is 65.6. The molecule has 0 bridgehead atoms. The largest absolute Gasteiger partial charge is 0.469 e. The van der Waals surface area contributed by atoms with Crippen molar-refractivity contribution in [2.45, 2.75) is 24.9 Å². The minimum atomic E-state index is -4.91.